The molecule has 2 rings (SSSR count). The van der Waals surface area contributed by atoms with Crippen molar-refractivity contribution < 1.29 is 4.79 Å². The van der Waals surface area contributed by atoms with E-state index in [9.17, 15) is 4.79 Å². The lowest BCUT2D eigenvalue weighted by Gasteiger charge is -2.01. The van der Waals surface area contributed by atoms with Crippen LogP contribution in [0.5, 0.6) is 0 Å². The Balaban J connectivity index is 1.81. The molecule has 4 heteroatoms. The van der Waals surface area contributed by atoms with E-state index in [1.807, 2.05) is 42.7 Å². The van der Waals surface area contributed by atoms with Gasteiger partial charge in [-0.15, -0.1) is 11.3 Å². The highest BCUT2D eigenvalue weighted by atomic mass is 32.1. The van der Waals surface area contributed by atoms with E-state index in [0.29, 0.717) is 13.0 Å². The lowest BCUT2D eigenvalue weighted by Crippen LogP contribution is -2.25. The maximum absolute atomic E-state index is 11.8. The zero-order chi connectivity index (χ0) is 14.9. The van der Waals surface area contributed by atoms with Crippen molar-refractivity contribution in [3.05, 3.63) is 64.1 Å². The molecule has 0 atom stereocenters. The van der Waals surface area contributed by atoms with E-state index in [4.69, 9.17) is 0 Å². The highest BCUT2D eigenvalue weighted by Crippen LogP contribution is 2.15. The first-order chi connectivity index (χ1) is 10.3. The predicted molar refractivity (Wildman–Crippen MR) is 87.5 cm³/mol. The summed E-state index contributed by atoms with van der Waals surface area (Å²) < 4.78 is 0. The Bertz CT molecular complexity index is 590. The van der Waals surface area contributed by atoms with E-state index in [1.165, 1.54) is 5.56 Å². The van der Waals surface area contributed by atoms with Crippen LogP contribution in [0, 0.1) is 0 Å². The summed E-state index contributed by atoms with van der Waals surface area (Å²) in [5, 5.41) is 5.93. The Morgan fingerprint density at radius 1 is 1.33 bits per heavy atom. The highest BCUT2D eigenvalue weighted by molar-refractivity contribution is 7.09. The second kappa shape index (κ2) is 8.37. The lowest BCUT2D eigenvalue weighted by molar-refractivity contribution is -0.120. The number of hydrogen-bond donors (Lipinski definition) is 1. The third-order valence-electron chi connectivity index (χ3n) is 3.01. The number of aromatic nitrogens is 1. The topological polar surface area (TPSA) is 42.0 Å². The van der Waals surface area contributed by atoms with Gasteiger partial charge in [0.2, 0.25) is 5.91 Å². The van der Waals surface area contributed by atoms with Gasteiger partial charge in [-0.3, -0.25) is 4.79 Å². The first kappa shape index (κ1) is 15.4. The van der Waals surface area contributed by atoms with E-state index in [1.54, 1.807) is 11.3 Å². The molecular formula is C17H20N2OS. The molecule has 1 aromatic carbocycles. The van der Waals surface area contributed by atoms with Crippen LogP contribution in [0.3, 0.4) is 0 Å². The smallest absolute Gasteiger partial charge is 0.226 e. The van der Waals surface area contributed by atoms with E-state index in [0.717, 1.165) is 23.5 Å². The summed E-state index contributed by atoms with van der Waals surface area (Å²) in [6.07, 6.45) is 6.09. The van der Waals surface area contributed by atoms with Crippen LogP contribution in [-0.4, -0.2) is 17.4 Å². The Kier molecular flexibility index (Phi) is 6.16. The van der Waals surface area contributed by atoms with Gasteiger partial charge in [0.1, 0.15) is 0 Å². The van der Waals surface area contributed by atoms with Crippen molar-refractivity contribution in [2.75, 3.05) is 6.54 Å². The average molecular weight is 300 g/mol. The van der Waals surface area contributed by atoms with Gasteiger partial charge < -0.3 is 5.32 Å². The van der Waals surface area contributed by atoms with Gasteiger partial charge in [0, 0.05) is 18.3 Å². The summed E-state index contributed by atoms with van der Waals surface area (Å²) in [6.45, 7) is 2.66. The van der Waals surface area contributed by atoms with Gasteiger partial charge in [-0.25, -0.2) is 4.98 Å². The molecule has 0 spiro atoms. The summed E-state index contributed by atoms with van der Waals surface area (Å²) in [5.41, 5.74) is 2.10. The molecule has 1 N–H and O–H groups in total. The molecule has 0 unspecified atom stereocenters. The zero-order valence-electron chi connectivity index (χ0n) is 12.2. The summed E-state index contributed by atoms with van der Waals surface area (Å²) in [5.74, 6) is 0.0380. The van der Waals surface area contributed by atoms with Crippen molar-refractivity contribution in [3.63, 3.8) is 0 Å². The largest absolute Gasteiger partial charge is 0.355 e. The minimum absolute atomic E-state index is 0.0380. The van der Waals surface area contributed by atoms with Crippen molar-refractivity contribution in [1.29, 1.82) is 0 Å². The van der Waals surface area contributed by atoms with Gasteiger partial charge >= 0.3 is 0 Å². The number of carbonyl (C=O) groups excluding carboxylic acids is 1. The van der Waals surface area contributed by atoms with Crippen molar-refractivity contribution in [3.8, 4) is 0 Å². The Morgan fingerprint density at radius 3 is 2.90 bits per heavy atom. The van der Waals surface area contributed by atoms with Crippen LogP contribution in [0.25, 0.3) is 0 Å². The van der Waals surface area contributed by atoms with Gasteiger partial charge in [0.25, 0.3) is 0 Å². The van der Waals surface area contributed by atoms with Crippen LogP contribution in [0.4, 0.5) is 0 Å². The second-order valence-electron chi connectivity index (χ2n) is 4.78. The molecule has 0 radical (unpaired) electrons. The standard InChI is InChI=1S/C17H20N2OS/c1-2-3-7-10-18-16(20)12-15-13-21-17(19-15)11-14-8-5-4-6-9-14/h2-6,8-9,13H,7,10-12H2,1H3,(H,18,20)/b3-2+. The van der Waals surface area contributed by atoms with Gasteiger partial charge in [0.05, 0.1) is 17.1 Å². The fourth-order valence-electron chi connectivity index (χ4n) is 1.97. The molecule has 0 bridgehead atoms. The quantitative estimate of drug-likeness (QED) is 0.629. The van der Waals surface area contributed by atoms with Crippen LogP contribution in [-0.2, 0) is 17.6 Å². The molecule has 110 valence electrons. The Labute approximate surface area is 129 Å². The number of hydrogen-bond acceptors (Lipinski definition) is 3. The number of rotatable bonds is 7. The Hall–Kier alpha value is -1.94. The molecule has 0 aliphatic carbocycles. The maximum atomic E-state index is 11.8. The summed E-state index contributed by atoms with van der Waals surface area (Å²) in [6, 6.07) is 10.3. The minimum atomic E-state index is 0.0380. The van der Waals surface area contributed by atoms with Gasteiger partial charge in [-0.05, 0) is 18.9 Å². The molecule has 0 aliphatic heterocycles. The van der Waals surface area contributed by atoms with Crippen molar-refractivity contribution in [2.45, 2.75) is 26.2 Å². The van der Waals surface area contributed by atoms with Crippen LogP contribution in [0.1, 0.15) is 29.6 Å². The number of thiazole rings is 1. The van der Waals surface area contributed by atoms with Crippen molar-refractivity contribution in [1.82, 2.24) is 10.3 Å². The van der Waals surface area contributed by atoms with Gasteiger partial charge in [-0.2, -0.15) is 0 Å². The Morgan fingerprint density at radius 2 is 2.14 bits per heavy atom. The molecule has 2 aromatic rings. The first-order valence-electron chi connectivity index (χ1n) is 7.13. The monoisotopic (exact) mass is 300 g/mol. The maximum Gasteiger partial charge on any atom is 0.226 e. The fraction of sp³-hybridized carbons (Fsp3) is 0.294. The number of allylic oxidation sites excluding steroid dienone is 1. The zero-order valence-corrected chi connectivity index (χ0v) is 13.0. The normalized spacial score (nSPS) is 10.9. The molecular weight excluding hydrogens is 280 g/mol. The predicted octanol–water partition coefficient (Wildman–Crippen LogP) is 3.36. The molecule has 3 nitrogen and oxygen atoms in total. The van der Waals surface area contributed by atoms with E-state index < -0.39 is 0 Å². The van der Waals surface area contributed by atoms with Crippen molar-refractivity contribution in [2.24, 2.45) is 0 Å². The molecule has 1 amide bonds. The molecule has 21 heavy (non-hydrogen) atoms. The molecule has 0 aliphatic rings. The molecule has 1 aromatic heterocycles. The number of carbonyl (C=O) groups is 1. The van der Waals surface area contributed by atoms with E-state index >= 15 is 0 Å². The van der Waals surface area contributed by atoms with E-state index in [-0.39, 0.29) is 5.91 Å². The number of benzene rings is 1. The van der Waals surface area contributed by atoms with Gasteiger partial charge in [-0.1, -0.05) is 42.5 Å². The van der Waals surface area contributed by atoms with Crippen LogP contribution < -0.4 is 5.32 Å². The average Bonchev–Trinajstić information content (AvgIpc) is 2.92. The van der Waals surface area contributed by atoms with E-state index in [2.05, 4.69) is 22.4 Å². The minimum Gasteiger partial charge on any atom is -0.355 e. The lowest BCUT2D eigenvalue weighted by atomic mass is 10.2. The van der Waals surface area contributed by atoms with Gasteiger partial charge in [0.15, 0.2) is 0 Å². The number of nitrogens with one attached hydrogen (secondary N) is 1. The van der Waals surface area contributed by atoms with Crippen molar-refractivity contribution >= 4 is 17.2 Å². The molecule has 0 fully saturated rings. The summed E-state index contributed by atoms with van der Waals surface area (Å²) in [7, 11) is 0. The first-order valence-corrected chi connectivity index (χ1v) is 8.01. The molecule has 0 saturated carbocycles. The number of nitrogens with zero attached hydrogens (tertiary/aromatic N) is 1. The third kappa shape index (κ3) is 5.52. The number of amides is 1. The SMILES string of the molecule is C/C=C/CCNC(=O)Cc1csc(Cc2ccccc2)n1. The third-order valence-corrected chi connectivity index (χ3v) is 3.91. The van der Waals surface area contributed by atoms with Crippen LogP contribution in [0.2, 0.25) is 0 Å². The highest BCUT2D eigenvalue weighted by Gasteiger charge is 2.07. The summed E-state index contributed by atoms with van der Waals surface area (Å²) in [4.78, 5) is 16.3. The summed E-state index contributed by atoms with van der Waals surface area (Å²) >= 11 is 1.62. The molecule has 1 heterocycles. The fourth-order valence-corrected chi connectivity index (χ4v) is 2.80. The molecule has 0 saturated heterocycles. The second-order valence-corrected chi connectivity index (χ2v) is 5.72. The van der Waals surface area contributed by atoms with Crippen LogP contribution >= 0.6 is 11.3 Å². The van der Waals surface area contributed by atoms with Crippen LogP contribution in [0.15, 0.2) is 47.9 Å².